The number of tetrazole rings is 1. The number of carbonyl (C=O) groups is 2. The van der Waals surface area contributed by atoms with Crippen LogP contribution >= 0.6 is 11.3 Å². The smallest absolute Gasteiger partial charge is 0.404 e. The summed E-state index contributed by atoms with van der Waals surface area (Å²) < 4.78 is 4.18. The SMILES string of the molecule is CCC(=O)CC.CCOC(N)=O.F.c1cc[nH]c1.c1cc[nH]c1.c1cscn1.c1nn[nH]n1. The molecule has 0 bridgehead atoms. The van der Waals surface area contributed by atoms with Crippen molar-refractivity contribution in [3.8, 4) is 0 Å². The van der Waals surface area contributed by atoms with Crippen molar-refractivity contribution in [2.75, 3.05) is 6.61 Å². The highest BCUT2D eigenvalue weighted by Crippen LogP contribution is 1.86. The minimum absolute atomic E-state index is 0. The number of nitrogens with zero attached hydrogens (tertiary/aromatic N) is 4. The van der Waals surface area contributed by atoms with E-state index in [0.29, 0.717) is 25.2 Å². The molecule has 5 N–H and O–H groups in total. The number of primary amides is 1. The largest absolute Gasteiger partial charge is 0.450 e. The molecule has 0 saturated heterocycles. The molecule has 11 nitrogen and oxygen atoms in total. The molecular weight excluding hydrogens is 451 g/mol. The Morgan fingerprint density at radius 3 is 1.61 bits per heavy atom. The fourth-order valence-electron chi connectivity index (χ4n) is 1.25. The first-order valence-electron chi connectivity index (χ1n) is 9.66. The number of H-pyrrole nitrogens is 3. The summed E-state index contributed by atoms with van der Waals surface area (Å²) >= 11 is 1.60. The highest BCUT2D eigenvalue weighted by atomic mass is 32.1. The molecule has 0 atom stereocenters. The highest BCUT2D eigenvalue weighted by molar-refractivity contribution is 7.07. The van der Waals surface area contributed by atoms with Crippen LogP contribution in [0.1, 0.15) is 33.6 Å². The first-order valence-corrected chi connectivity index (χ1v) is 10.6. The van der Waals surface area contributed by atoms with Crippen molar-refractivity contribution in [1.82, 2.24) is 35.6 Å². The van der Waals surface area contributed by atoms with E-state index in [2.05, 4.69) is 46.0 Å². The van der Waals surface area contributed by atoms with Crippen molar-refractivity contribution in [2.24, 2.45) is 5.73 Å². The molecule has 0 aliphatic rings. The molecule has 0 radical (unpaired) electrons. The monoisotopic (exact) mass is 484 g/mol. The van der Waals surface area contributed by atoms with Crippen LogP contribution in [0.2, 0.25) is 0 Å². The van der Waals surface area contributed by atoms with Gasteiger partial charge in [0.25, 0.3) is 0 Å². The minimum Gasteiger partial charge on any atom is -0.450 e. The van der Waals surface area contributed by atoms with E-state index in [9.17, 15) is 9.59 Å². The molecule has 4 aromatic rings. The predicted octanol–water partition coefficient (Wildman–Crippen LogP) is 4.00. The van der Waals surface area contributed by atoms with Gasteiger partial charge in [-0.3, -0.25) is 14.5 Å². The summed E-state index contributed by atoms with van der Waals surface area (Å²) in [4.78, 5) is 29.2. The highest BCUT2D eigenvalue weighted by Gasteiger charge is 1.86. The van der Waals surface area contributed by atoms with Crippen molar-refractivity contribution in [1.29, 1.82) is 0 Å². The second-order valence-electron chi connectivity index (χ2n) is 5.00. The van der Waals surface area contributed by atoms with Gasteiger partial charge < -0.3 is 20.4 Å². The maximum Gasteiger partial charge on any atom is 0.404 e. The van der Waals surface area contributed by atoms with Crippen LogP contribution in [0.15, 0.2) is 72.5 Å². The Hall–Kier alpha value is -3.87. The Morgan fingerprint density at radius 1 is 0.970 bits per heavy atom. The van der Waals surface area contributed by atoms with E-state index in [1.807, 2.05) is 68.3 Å². The van der Waals surface area contributed by atoms with Crippen molar-refractivity contribution in [3.05, 3.63) is 72.5 Å². The number of ketones is 1. The number of hydrogen-bond acceptors (Lipinski definition) is 8. The minimum atomic E-state index is -0.711. The standard InChI is InChI=1S/C5H10O.2C4H5N.C3H7NO2.C3H3NS.CH2N4.FH/c1-3-5(6)4-2;2*1-2-4-5-3-1;1-2-6-3(4)5;1-2-5-3-4-1;1-2-4-5-3-1;/h3-4H2,1-2H3;2*1-5H;2H2,1H3,(H2,4,5);1-3H;1H,(H,2,3,4,5);1H. The van der Waals surface area contributed by atoms with Gasteiger partial charge in [-0.15, -0.1) is 21.5 Å². The van der Waals surface area contributed by atoms with Gasteiger partial charge in [0.1, 0.15) is 5.78 Å². The second-order valence-corrected chi connectivity index (χ2v) is 5.76. The quantitative estimate of drug-likeness (QED) is 0.340. The topological polar surface area (TPSA) is 168 Å². The molecule has 4 heterocycles. The molecule has 0 spiro atoms. The van der Waals surface area contributed by atoms with Gasteiger partial charge in [0.15, 0.2) is 6.33 Å². The van der Waals surface area contributed by atoms with Gasteiger partial charge in [0, 0.05) is 49.2 Å². The summed E-state index contributed by atoms with van der Waals surface area (Å²) in [6, 6.07) is 7.78. The number of aromatic amines is 3. The lowest BCUT2D eigenvalue weighted by molar-refractivity contribution is -0.118. The lowest BCUT2D eigenvalue weighted by atomic mass is 10.3. The number of nitrogens with one attached hydrogen (secondary N) is 3. The Kier molecular flexibility index (Phi) is 31.0. The van der Waals surface area contributed by atoms with Crippen LogP contribution in [-0.2, 0) is 9.53 Å². The van der Waals surface area contributed by atoms with Crippen molar-refractivity contribution >= 4 is 23.2 Å². The Balaban J connectivity index is -0.000000325. The summed E-state index contributed by atoms with van der Waals surface area (Å²) in [5.74, 6) is 0.343. The number of nitrogens with two attached hydrogens (primary N) is 1. The molecule has 0 fully saturated rings. The molecule has 1 amide bonds. The van der Waals surface area contributed by atoms with Gasteiger partial charge >= 0.3 is 6.09 Å². The molecular formula is C20H33FN8O3S. The van der Waals surface area contributed by atoms with E-state index in [4.69, 9.17) is 0 Å². The normalized spacial score (nSPS) is 7.73. The van der Waals surface area contributed by atoms with Crippen LogP contribution in [0.25, 0.3) is 0 Å². The van der Waals surface area contributed by atoms with Crippen molar-refractivity contribution in [3.63, 3.8) is 0 Å². The van der Waals surface area contributed by atoms with Crippen LogP contribution in [0.3, 0.4) is 0 Å². The maximum absolute atomic E-state index is 10.2. The van der Waals surface area contributed by atoms with Gasteiger partial charge in [-0.05, 0) is 31.2 Å². The Bertz CT molecular complexity index is 604. The molecule has 0 aliphatic carbocycles. The third kappa shape index (κ3) is 35.9. The summed E-state index contributed by atoms with van der Waals surface area (Å²) in [6.07, 6.45) is 11.3. The summed E-state index contributed by atoms with van der Waals surface area (Å²) in [7, 11) is 0. The predicted molar refractivity (Wildman–Crippen MR) is 127 cm³/mol. The fraction of sp³-hybridized carbons (Fsp3) is 0.300. The molecule has 0 aliphatic heterocycles. The van der Waals surface area contributed by atoms with E-state index in [-0.39, 0.29) is 4.70 Å². The van der Waals surface area contributed by atoms with Crippen LogP contribution in [0.4, 0.5) is 9.50 Å². The van der Waals surface area contributed by atoms with Crippen LogP contribution in [-0.4, -0.2) is 54.1 Å². The van der Waals surface area contributed by atoms with Crippen LogP contribution in [0.5, 0.6) is 0 Å². The number of ether oxygens (including phenoxy) is 1. The first-order chi connectivity index (χ1) is 15.6. The van der Waals surface area contributed by atoms with Gasteiger partial charge in [-0.2, -0.15) is 5.21 Å². The Morgan fingerprint density at radius 2 is 1.52 bits per heavy atom. The van der Waals surface area contributed by atoms with Crippen LogP contribution in [0, 0.1) is 0 Å². The fourth-order valence-corrected chi connectivity index (χ4v) is 1.60. The molecule has 0 saturated carbocycles. The average molecular weight is 485 g/mol. The average Bonchev–Trinajstić information content (AvgIpc) is 3.64. The number of hydrogen-bond donors (Lipinski definition) is 4. The first kappa shape index (κ1) is 33.8. The lowest BCUT2D eigenvalue weighted by Crippen LogP contribution is -2.11. The second kappa shape index (κ2) is 30.3. The summed E-state index contributed by atoms with van der Waals surface area (Å²) in [6.45, 7) is 5.82. The van der Waals surface area contributed by atoms with Crippen molar-refractivity contribution in [2.45, 2.75) is 33.6 Å². The maximum atomic E-state index is 10.2. The summed E-state index contributed by atoms with van der Waals surface area (Å²) in [5.41, 5.74) is 6.33. The lowest BCUT2D eigenvalue weighted by Gasteiger charge is -1.89. The third-order valence-electron chi connectivity index (χ3n) is 2.68. The molecule has 0 unspecified atom stereocenters. The molecule has 4 aromatic heterocycles. The van der Waals surface area contributed by atoms with Gasteiger partial charge in [0.2, 0.25) is 0 Å². The number of thiazole rings is 1. The van der Waals surface area contributed by atoms with E-state index in [1.165, 1.54) is 6.33 Å². The van der Waals surface area contributed by atoms with E-state index < -0.39 is 6.09 Å². The van der Waals surface area contributed by atoms with E-state index in [0.717, 1.165) is 0 Å². The van der Waals surface area contributed by atoms with Gasteiger partial charge in [0.05, 0.1) is 12.1 Å². The zero-order valence-electron chi connectivity index (χ0n) is 19.0. The van der Waals surface area contributed by atoms with E-state index in [1.54, 1.807) is 30.0 Å². The third-order valence-corrected chi connectivity index (χ3v) is 3.21. The number of amides is 1. The molecule has 4 rings (SSSR count). The summed E-state index contributed by atoms with van der Waals surface area (Å²) in [5, 5.41) is 14.1. The van der Waals surface area contributed by atoms with Crippen LogP contribution < -0.4 is 5.73 Å². The zero-order valence-corrected chi connectivity index (χ0v) is 19.8. The zero-order chi connectivity index (χ0) is 24.1. The molecule has 0 aromatic carbocycles. The number of Topliss-reactive ketones (excluding diaryl/α,β-unsaturated/α-hetero) is 1. The van der Waals surface area contributed by atoms with Crippen molar-refractivity contribution < 1.29 is 19.0 Å². The number of carbonyl (C=O) groups excluding carboxylic acids is 2. The Labute approximate surface area is 196 Å². The molecule has 13 heteroatoms. The molecule has 33 heavy (non-hydrogen) atoms. The molecule has 184 valence electrons. The number of rotatable bonds is 3. The van der Waals surface area contributed by atoms with E-state index >= 15 is 0 Å². The number of aromatic nitrogens is 7. The van der Waals surface area contributed by atoms with Gasteiger partial charge in [-0.25, -0.2) is 4.79 Å². The number of halogens is 1. The van der Waals surface area contributed by atoms with Gasteiger partial charge in [-0.1, -0.05) is 19.1 Å².